The van der Waals surface area contributed by atoms with Gasteiger partial charge in [-0.3, -0.25) is 4.79 Å². The van der Waals surface area contributed by atoms with Gasteiger partial charge < -0.3 is 10.1 Å². The molecule has 0 saturated heterocycles. The lowest BCUT2D eigenvalue weighted by molar-refractivity contribution is -0.124. The van der Waals surface area contributed by atoms with Gasteiger partial charge in [0.25, 0.3) is 5.91 Å². The van der Waals surface area contributed by atoms with E-state index >= 15 is 0 Å². The Hall–Kier alpha value is -1.66. The molecule has 0 radical (unpaired) electrons. The van der Waals surface area contributed by atoms with Crippen LogP contribution < -0.4 is 5.32 Å². The van der Waals surface area contributed by atoms with E-state index in [-0.39, 0.29) is 18.6 Å². The Morgan fingerprint density at radius 3 is 2.77 bits per heavy atom. The third-order valence-electron chi connectivity index (χ3n) is 3.22. The van der Waals surface area contributed by atoms with Gasteiger partial charge in [-0.1, -0.05) is 13.0 Å². The number of carbonyl (C=O) groups excluding carboxylic acids is 2. The lowest BCUT2D eigenvalue weighted by atomic mass is 10.2. The summed E-state index contributed by atoms with van der Waals surface area (Å²) in [7, 11) is 0. The van der Waals surface area contributed by atoms with Crippen LogP contribution in [0.25, 0.3) is 0 Å². The van der Waals surface area contributed by atoms with Crippen LogP contribution in [0.5, 0.6) is 0 Å². The Bertz CT molecular complexity index is 646. The van der Waals surface area contributed by atoms with Gasteiger partial charge in [-0.05, 0) is 43.3 Å². The Morgan fingerprint density at radius 2 is 2.18 bits per heavy atom. The molecule has 2 heterocycles. The number of aryl methyl sites for hydroxylation is 2. The minimum Gasteiger partial charge on any atom is -0.451 e. The molecule has 2 rings (SSSR count). The van der Waals surface area contributed by atoms with E-state index in [1.165, 1.54) is 16.2 Å². The van der Waals surface area contributed by atoms with Gasteiger partial charge in [0.15, 0.2) is 6.61 Å². The van der Waals surface area contributed by atoms with Gasteiger partial charge in [0.2, 0.25) is 0 Å². The summed E-state index contributed by atoms with van der Waals surface area (Å²) < 4.78 is 5.08. The largest absolute Gasteiger partial charge is 0.451 e. The molecule has 0 aromatic carbocycles. The number of carbonyl (C=O) groups is 2. The van der Waals surface area contributed by atoms with E-state index in [2.05, 4.69) is 5.32 Å². The molecule has 0 aliphatic rings. The lowest BCUT2D eigenvalue weighted by Crippen LogP contribution is -2.30. The number of hydrogen-bond acceptors (Lipinski definition) is 5. The molecule has 0 aliphatic heterocycles. The second-order valence-electron chi connectivity index (χ2n) is 4.95. The van der Waals surface area contributed by atoms with Crippen molar-refractivity contribution in [3.8, 4) is 0 Å². The van der Waals surface area contributed by atoms with Gasteiger partial charge in [-0.15, -0.1) is 22.7 Å². The number of ether oxygens (including phenoxy) is 1. The first-order valence-electron chi connectivity index (χ1n) is 7.10. The van der Waals surface area contributed by atoms with Gasteiger partial charge in [-0.25, -0.2) is 4.79 Å². The van der Waals surface area contributed by atoms with Crippen LogP contribution in [-0.2, 0) is 16.0 Å². The number of amides is 1. The zero-order valence-corrected chi connectivity index (χ0v) is 14.5. The van der Waals surface area contributed by atoms with E-state index in [0.29, 0.717) is 4.88 Å². The van der Waals surface area contributed by atoms with Crippen LogP contribution >= 0.6 is 22.7 Å². The van der Waals surface area contributed by atoms with Crippen LogP contribution in [-0.4, -0.2) is 18.5 Å². The van der Waals surface area contributed by atoms with E-state index in [1.54, 1.807) is 11.3 Å². The van der Waals surface area contributed by atoms with Crippen LogP contribution in [0.2, 0.25) is 0 Å². The summed E-state index contributed by atoms with van der Waals surface area (Å²) in [6.07, 6.45) is 0.891. The molecule has 0 spiro atoms. The number of esters is 1. The topological polar surface area (TPSA) is 55.4 Å². The summed E-state index contributed by atoms with van der Waals surface area (Å²) in [5.41, 5.74) is 1.09. The van der Waals surface area contributed by atoms with Gasteiger partial charge in [0.1, 0.15) is 4.88 Å². The SMILES string of the molecule is CCc1sc(C(=O)OCC(=O)NC(C)c2cccs2)cc1C. The Balaban J connectivity index is 1.84. The van der Waals surface area contributed by atoms with Crippen molar-refractivity contribution in [3.63, 3.8) is 0 Å². The number of hydrogen-bond donors (Lipinski definition) is 1. The van der Waals surface area contributed by atoms with Crippen molar-refractivity contribution in [2.45, 2.75) is 33.2 Å². The van der Waals surface area contributed by atoms with Crippen molar-refractivity contribution in [2.24, 2.45) is 0 Å². The number of thiophene rings is 2. The molecule has 4 nitrogen and oxygen atoms in total. The summed E-state index contributed by atoms with van der Waals surface area (Å²) in [5.74, 6) is -0.732. The average molecular weight is 337 g/mol. The van der Waals surface area contributed by atoms with E-state index in [9.17, 15) is 9.59 Å². The summed E-state index contributed by atoms with van der Waals surface area (Å²) in [6, 6.07) is 5.63. The summed E-state index contributed by atoms with van der Waals surface area (Å²) in [4.78, 5) is 26.6. The average Bonchev–Trinajstić information content (AvgIpc) is 3.13. The first-order valence-corrected chi connectivity index (χ1v) is 8.80. The van der Waals surface area contributed by atoms with Crippen molar-refractivity contribution in [1.29, 1.82) is 0 Å². The van der Waals surface area contributed by atoms with E-state index in [4.69, 9.17) is 4.74 Å². The molecule has 0 fully saturated rings. The summed E-state index contributed by atoms with van der Waals surface area (Å²) in [5, 5.41) is 4.78. The zero-order chi connectivity index (χ0) is 16.1. The van der Waals surface area contributed by atoms with Crippen LogP contribution in [0.3, 0.4) is 0 Å². The molecule has 1 N–H and O–H groups in total. The van der Waals surface area contributed by atoms with Crippen molar-refractivity contribution in [3.05, 3.63) is 43.8 Å². The second-order valence-corrected chi connectivity index (χ2v) is 7.07. The van der Waals surface area contributed by atoms with Gasteiger partial charge in [-0.2, -0.15) is 0 Å². The molecule has 1 unspecified atom stereocenters. The van der Waals surface area contributed by atoms with Gasteiger partial charge in [0.05, 0.1) is 6.04 Å². The van der Waals surface area contributed by atoms with E-state index in [1.807, 2.05) is 44.4 Å². The Kier molecular flexibility index (Phi) is 5.74. The van der Waals surface area contributed by atoms with Gasteiger partial charge >= 0.3 is 5.97 Å². The quantitative estimate of drug-likeness (QED) is 0.818. The van der Waals surface area contributed by atoms with E-state index < -0.39 is 5.97 Å². The molecule has 2 aromatic rings. The van der Waals surface area contributed by atoms with Crippen molar-refractivity contribution < 1.29 is 14.3 Å². The predicted molar refractivity (Wildman–Crippen MR) is 89.6 cm³/mol. The van der Waals surface area contributed by atoms with Crippen LogP contribution in [0.1, 0.15) is 44.9 Å². The highest BCUT2D eigenvalue weighted by Gasteiger charge is 2.16. The highest BCUT2D eigenvalue weighted by molar-refractivity contribution is 7.14. The fourth-order valence-corrected chi connectivity index (χ4v) is 3.81. The van der Waals surface area contributed by atoms with Crippen molar-refractivity contribution in [1.82, 2.24) is 5.32 Å². The Labute approximate surface area is 138 Å². The molecule has 0 bridgehead atoms. The molecule has 2 aromatic heterocycles. The van der Waals surface area contributed by atoms with Crippen LogP contribution in [0, 0.1) is 6.92 Å². The predicted octanol–water partition coefficient (Wildman–Crippen LogP) is 3.71. The zero-order valence-electron chi connectivity index (χ0n) is 12.8. The fourth-order valence-electron chi connectivity index (χ4n) is 2.07. The minimum atomic E-state index is -0.438. The van der Waals surface area contributed by atoms with E-state index in [0.717, 1.165) is 16.9 Å². The molecule has 22 heavy (non-hydrogen) atoms. The fraction of sp³-hybridized carbons (Fsp3) is 0.375. The summed E-state index contributed by atoms with van der Waals surface area (Å²) >= 11 is 3.01. The molecule has 0 aliphatic carbocycles. The maximum absolute atomic E-state index is 12.0. The highest BCUT2D eigenvalue weighted by Crippen LogP contribution is 2.23. The maximum atomic E-state index is 12.0. The number of rotatable bonds is 6. The standard InChI is InChI=1S/C16H19NO3S2/c1-4-12-10(2)8-14(22-12)16(19)20-9-15(18)17-11(3)13-6-5-7-21-13/h5-8,11H,4,9H2,1-3H3,(H,17,18). The molecular formula is C16H19NO3S2. The monoisotopic (exact) mass is 337 g/mol. The maximum Gasteiger partial charge on any atom is 0.348 e. The van der Waals surface area contributed by atoms with Crippen LogP contribution in [0.15, 0.2) is 23.6 Å². The summed E-state index contributed by atoms with van der Waals surface area (Å²) in [6.45, 7) is 5.67. The molecule has 118 valence electrons. The third-order valence-corrected chi connectivity index (χ3v) is 5.64. The van der Waals surface area contributed by atoms with Crippen molar-refractivity contribution >= 4 is 34.6 Å². The number of nitrogens with one attached hydrogen (secondary N) is 1. The normalized spacial score (nSPS) is 12.0. The molecule has 0 saturated carbocycles. The second kappa shape index (κ2) is 7.56. The third kappa shape index (κ3) is 4.18. The smallest absolute Gasteiger partial charge is 0.348 e. The molecule has 1 amide bonds. The minimum absolute atomic E-state index is 0.0816. The Morgan fingerprint density at radius 1 is 1.41 bits per heavy atom. The lowest BCUT2D eigenvalue weighted by Gasteiger charge is -2.12. The molecular weight excluding hydrogens is 318 g/mol. The van der Waals surface area contributed by atoms with Crippen LogP contribution in [0.4, 0.5) is 0 Å². The van der Waals surface area contributed by atoms with Gasteiger partial charge in [0, 0.05) is 9.75 Å². The van der Waals surface area contributed by atoms with Crippen molar-refractivity contribution in [2.75, 3.05) is 6.61 Å². The molecule has 6 heteroatoms. The first-order chi connectivity index (χ1) is 10.5. The molecule has 1 atom stereocenters. The highest BCUT2D eigenvalue weighted by atomic mass is 32.1. The first kappa shape index (κ1) is 16.7.